The van der Waals surface area contributed by atoms with Crippen molar-refractivity contribution in [3.63, 3.8) is 0 Å². The topological polar surface area (TPSA) is 41.0 Å². The number of hydrogen-bond acceptors (Lipinski definition) is 4. The van der Waals surface area contributed by atoms with Gasteiger partial charge in [0.2, 0.25) is 0 Å². The Morgan fingerprint density at radius 1 is 0.680 bits per heavy atom. The van der Waals surface area contributed by atoms with Gasteiger partial charge in [0, 0.05) is 11.4 Å². The van der Waals surface area contributed by atoms with Crippen LogP contribution in [0.1, 0.15) is 0 Å². The number of nitrogens with zero attached hydrogens (tertiary/aromatic N) is 6. The van der Waals surface area contributed by atoms with E-state index in [-0.39, 0.29) is 11.6 Å². The first-order valence-electron chi connectivity index (χ1n) is 7.64. The molecule has 0 saturated heterocycles. The Morgan fingerprint density at radius 2 is 1.08 bits per heavy atom. The predicted molar refractivity (Wildman–Crippen MR) is 96.6 cm³/mol. The Hall–Kier alpha value is -3.90. The zero-order valence-corrected chi connectivity index (χ0v) is 13.2. The highest BCUT2D eigenvalue weighted by atomic mass is 15.4. The van der Waals surface area contributed by atoms with E-state index >= 15 is 0 Å². The van der Waals surface area contributed by atoms with Crippen molar-refractivity contribution >= 4 is 34.6 Å². The first-order valence-corrected chi connectivity index (χ1v) is 7.64. The number of para-hydroxylation sites is 2. The van der Waals surface area contributed by atoms with E-state index in [1.54, 1.807) is 0 Å². The summed E-state index contributed by atoms with van der Waals surface area (Å²) in [6, 6.07) is 19.7. The largest absolute Gasteiger partial charge is 0.370 e. The van der Waals surface area contributed by atoms with Gasteiger partial charge in [-0.15, -0.1) is 9.97 Å². The van der Waals surface area contributed by atoms with E-state index in [1.807, 2.05) is 70.5 Å². The molecule has 6 heteroatoms. The first-order chi connectivity index (χ1) is 12.3. The summed E-state index contributed by atoms with van der Waals surface area (Å²) in [7, 11) is 0. The molecule has 1 aliphatic rings. The Labute approximate surface area is 145 Å². The SMILES string of the molecule is [C-]#[N+]c1nc2c(nc1[N+]#[C-])N(c1ccccc1)CN2c1ccccc1. The molecule has 2 heterocycles. The molecule has 0 aliphatic carbocycles. The normalized spacial score (nSPS) is 12.4. The molecule has 0 unspecified atom stereocenters. The van der Waals surface area contributed by atoms with Gasteiger partial charge in [0.25, 0.3) is 23.3 Å². The van der Waals surface area contributed by atoms with Crippen molar-refractivity contribution < 1.29 is 0 Å². The minimum absolute atomic E-state index is 0.0320. The summed E-state index contributed by atoms with van der Waals surface area (Å²) < 4.78 is 0. The molecule has 0 N–H and O–H groups in total. The molecule has 118 valence electrons. The highest BCUT2D eigenvalue weighted by molar-refractivity contribution is 5.85. The van der Waals surface area contributed by atoms with E-state index in [0.29, 0.717) is 18.3 Å². The van der Waals surface area contributed by atoms with Crippen molar-refractivity contribution in [2.45, 2.75) is 0 Å². The fraction of sp³-hybridized carbons (Fsp3) is 0.0526. The Balaban J connectivity index is 1.91. The molecule has 25 heavy (non-hydrogen) atoms. The number of rotatable bonds is 2. The average molecular weight is 324 g/mol. The third-order valence-corrected chi connectivity index (χ3v) is 3.97. The van der Waals surface area contributed by atoms with Gasteiger partial charge in [-0.25, -0.2) is 0 Å². The molecule has 4 rings (SSSR count). The minimum atomic E-state index is 0.0320. The monoisotopic (exact) mass is 324 g/mol. The summed E-state index contributed by atoms with van der Waals surface area (Å²) in [6.07, 6.45) is 0. The third-order valence-electron chi connectivity index (χ3n) is 3.97. The first kappa shape index (κ1) is 14.7. The van der Waals surface area contributed by atoms with Crippen LogP contribution in [0.3, 0.4) is 0 Å². The van der Waals surface area contributed by atoms with E-state index in [1.165, 1.54) is 0 Å². The summed E-state index contributed by atoms with van der Waals surface area (Å²) in [4.78, 5) is 19.6. The van der Waals surface area contributed by atoms with Crippen molar-refractivity contribution in [1.82, 2.24) is 9.97 Å². The zero-order chi connectivity index (χ0) is 17.2. The smallest absolute Gasteiger partial charge is 0.296 e. The molecule has 3 aromatic rings. The summed E-state index contributed by atoms with van der Waals surface area (Å²) in [5.74, 6) is 1.25. The lowest BCUT2D eigenvalue weighted by Gasteiger charge is -2.18. The molecule has 0 amide bonds. The van der Waals surface area contributed by atoms with Crippen LogP contribution in [0.25, 0.3) is 9.69 Å². The van der Waals surface area contributed by atoms with Crippen LogP contribution in [0.15, 0.2) is 60.7 Å². The Kier molecular flexibility index (Phi) is 3.49. The van der Waals surface area contributed by atoms with Crippen LogP contribution in [0, 0.1) is 13.1 Å². The summed E-state index contributed by atoms with van der Waals surface area (Å²) in [5, 5.41) is 0. The van der Waals surface area contributed by atoms with Crippen molar-refractivity contribution in [2.24, 2.45) is 0 Å². The number of benzene rings is 2. The number of fused-ring (bicyclic) bond motifs is 1. The van der Waals surface area contributed by atoms with Crippen molar-refractivity contribution in [3.8, 4) is 0 Å². The Morgan fingerprint density at radius 3 is 1.44 bits per heavy atom. The maximum absolute atomic E-state index is 7.28. The van der Waals surface area contributed by atoms with Crippen molar-refractivity contribution in [1.29, 1.82) is 0 Å². The van der Waals surface area contributed by atoms with E-state index < -0.39 is 0 Å². The van der Waals surface area contributed by atoms with Gasteiger partial charge in [0.15, 0.2) is 0 Å². The zero-order valence-electron chi connectivity index (χ0n) is 13.2. The van der Waals surface area contributed by atoms with Crippen LogP contribution in [-0.2, 0) is 0 Å². The molecule has 1 aromatic heterocycles. The minimum Gasteiger partial charge on any atom is -0.370 e. The van der Waals surface area contributed by atoms with Crippen molar-refractivity contribution in [3.05, 3.63) is 83.5 Å². The van der Waals surface area contributed by atoms with E-state index in [2.05, 4.69) is 19.7 Å². The standard InChI is InChI=1S/C19H12N6/c1-20-16-17(21-2)23-19-18(22-16)24(14-9-5-3-6-10-14)13-25(19)15-11-7-4-8-12-15/h3-12H,13H2. The van der Waals surface area contributed by atoms with Crippen LogP contribution in [0.4, 0.5) is 34.6 Å². The molecule has 0 atom stereocenters. The molecule has 0 bridgehead atoms. The fourth-order valence-electron chi connectivity index (χ4n) is 2.81. The van der Waals surface area contributed by atoms with E-state index in [9.17, 15) is 0 Å². The van der Waals surface area contributed by atoms with E-state index in [0.717, 1.165) is 11.4 Å². The van der Waals surface area contributed by atoms with Crippen LogP contribution in [-0.4, -0.2) is 16.6 Å². The van der Waals surface area contributed by atoms with Crippen LogP contribution < -0.4 is 9.80 Å². The lowest BCUT2D eigenvalue weighted by atomic mass is 10.3. The maximum atomic E-state index is 7.28. The highest BCUT2D eigenvalue weighted by Gasteiger charge is 2.38. The second-order valence-electron chi connectivity index (χ2n) is 5.41. The van der Waals surface area contributed by atoms with Gasteiger partial charge in [-0.2, -0.15) is 0 Å². The van der Waals surface area contributed by atoms with Gasteiger partial charge >= 0.3 is 0 Å². The van der Waals surface area contributed by atoms with Gasteiger partial charge in [-0.3, -0.25) is 9.80 Å². The summed E-state index contributed by atoms with van der Waals surface area (Å²) >= 11 is 0. The molecule has 2 aromatic carbocycles. The lowest BCUT2D eigenvalue weighted by molar-refractivity contribution is 0.976. The van der Waals surface area contributed by atoms with Crippen LogP contribution in [0.2, 0.25) is 0 Å². The second-order valence-corrected chi connectivity index (χ2v) is 5.41. The fourth-order valence-corrected chi connectivity index (χ4v) is 2.81. The molecule has 1 aliphatic heterocycles. The molecular weight excluding hydrogens is 312 g/mol. The number of hydrogen-bond donors (Lipinski definition) is 0. The quantitative estimate of drug-likeness (QED) is 0.633. The van der Waals surface area contributed by atoms with Crippen LogP contribution in [0.5, 0.6) is 0 Å². The molecule has 0 spiro atoms. The van der Waals surface area contributed by atoms with Gasteiger partial charge in [0.1, 0.15) is 6.67 Å². The lowest BCUT2D eigenvalue weighted by Crippen LogP contribution is -2.24. The van der Waals surface area contributed by atoms with Gasteiger partial charge in [0.05, 0.1) is 0 Å². The van der Waals surface area contributed by atoms with Gasteiger partial charge < -0.3 is 9.69 Å². The number of aromatic nitrogens is 2. The molecule has 0 radical (unpaired) electrons. The molecule has 0 fully saturated rings. The maximum Gasteiger partial charge on any atom is 0.296 e. The molecule has 6 nitrogen and oxygen atoms in total. The summed E-state index contributed by atoms with van der Waals surface area (Å²) in [6.45, 7) is 15.1. The third kappa shape index (κ3) is 2.43. The van der Waals surface area contributed by atoms with Gasteiger partial charge in [-0.1, -0.05) is 49.5 Å². The van der Waals surface area contributed by atoms with Crippen molar-refractivity contribution in [2.75, 3.05) is 16.5 Å². The number of anilines is 4. The average Bonchev–Trinajstić information content (AvgIpc) is 3.06. The molecule has 0 saturated carbocycles. The van der Waals surface area contributed by atoms with E-state index in [4.69, 9.17) is 13.1 Å². The Bertz CT molecular complexity index is 919. The van der Waals surface area contributed by atoms with Crippen LogP contribution >= 0.6 is 0 Å². The molecular formula is C19H12N6. The van der Waals surface area contributed by atoms with Gasteiger partial charge in [-0.05, 0) is 24.3 Å². The highest BCUT2D eigenvalue weighted by Crippen LogP contribution is 2.44. The summed E-state index contributed by atoms with van der Waals surface area (Å²) in [5.41, 5.74) is 1.92. The predicted octanol–water partition coefficient (Wildman–Crippen LogP) is 4.83. The second kappa shape index (κ2) is 5.95.